The zero-order chi connectivity index (χ0) is 33.9. The molecule has 2 aromatic rings. The van der Waals surface area contributed by atoms with Gasteiger partial charge in [-0.2, -0.15) is 0 Å². The number of hydrogen-bond donors (Lipinski definition) is 5. The molecule has 5 rings (SSSR count). The molecule has 258 valence electrons. The number of aryl methyl sites for hydroxylation is 1. The van der Waals surface area contributed by atoms with Crippen LogP contribution in [0.5, 0.6) is 5.75 Å². The van der Waals surface area contributed by atoms with Crippen LogP contribution in [0.4, 0.5) is 5.69 Å². The van der Waals surface area contributed by atoms with Crippen molar-refractivity contribution in [3.63, 3.8) is 0 Å². The minimum Gasteiger partial charge on any atom is -0.490 e. The number of nitrogens with zero attached hydrogens (tertiary/aromatic N) is 2. The van der Waals surface area contributed by atoms with Crippen LogP contribution in [0.25, 0.3) is 0 Å². The summed E-state index contributed by atoms with van der Waals surface area (Å²) in [7, 11) is -3.66. The largest absolute Gasteiger partial charge is 0.490 e. The summed E-state index contributed by atoms with van der Waals surface area (Å²) in [4.78, 5) is 7.78. The molecule has 3 aliphatic rings. The Labute approximate surface area is 285 Å². The van der Waals surface area contributed by atoms with Gasteiger partial charge in [-0.3, -0.25) is 4.90 Å². The van der Waals surface area contributed by atoms with Crippen molar-refractivity contribution in [1.82, 2.24) is 15.5 Å². The highest BCUT2D eigenvalue weighted by molar-refractivity contribution is 7.92. The molecule has 47 heavy (non-hydrogen) atoms. The van der Waals surface area contributed by atoms with E-state index in [0.717, 1.165) is 62.9 Å². The van der Waals surface area contributed by atoms with Gasteiger partial charge in [-0.05, 0) is 123 Å². The summed E-state index contributed by atoms with van der Waals surface area (Å²) < 4.78 is 33.8. The van der Waals surface area contributed by atoms with Crippen molar-refractivity contribution in [3.8, 4) is 5.75 Å². The smallest absolute Gasteiger partial charge is 0.201 e. The molecule has 0 amide bonds. The molecule has 10 nitrogen and oxygen atoms in total. The van der Waals surface area contributed by atoms with Crippen molar-refractivity contribution in [2.75, 3.05) is 31.5 Å². The van der Waals surface area contributed by atoms with Gasteiger partial charge in [0.15, 0.2) is 15.8 Å². The summed E-state index contributed by atoms with van der Waals surface area (Å²) in [6.07, 6.45) is 6.64. The maximum absolute atomic E-state index is 13.5. The number of anilines is 1. The molecule has 3 heterocycles. The lowest BCUT2D eigenvalue weighted by Crippen LogP contribution is -2.52. The van der Waals surface area contributed by atoms with E-state index in [1.165, 1.54) is 0 Å². The highest BCUT2D eigenvalue weighted by atomic mass is 35.5. The van der Waals surface area contributed by atoms with E-state index in [-0.39, 0.29) is 22.9 Å². The number of ether oxygens (including phenoxy) is 1. The lowest BCUT2D eigenvalue weighted by Gasteiger charge is -2.46. The Morgan fingerprint density at radius 3 is 2.55 bits per heavy atom. The summed E-state index contributed by atoms with van der Waals surface area (Å²) in [6, 6.07) is 12.0. The molecule has 0 bridgehead atoms. The topological polar surface area (TPSA) is 147 Å². The minimum absolute atomic E-state index is 0.142. The standard InChI is InChI=1S/C35H52ClN7O3S/c1-22(2)46-33-28(25-13-17-43(27(20-25)10-14-37)26-11-15-39-16-12-26)18-24(5)19-29(33)35(32(36)21-40-34(38)42-35)41-30-8-6-7-9-31(30)47(44,45)23(3)4/h6-9,18-19,21-23,25-27,39,41H,10-17,20,37H2,1-5H3,(H3,38,40,42). The molecule has 3 atom stereocenters. The van der Waals surface area contributed by atoms with Crippen LogP contribution in [0.1, 0.15) is 82.4 Å². The fraction of sp³-hybridized carbons (Fsp3) is 0.571. The quantitative estimate of drug-likeness (QED) is 0.223. The van der Waals surface area contributed by atoms with Crippen LogP contribution in [-0.2, 0) is 15.5 Å². The van der Waals surface area contributed by atoms with Crippen molar-refractivity contribution in [2.45, 2.75) is 107 Å². The Bertz CT molecular complexity index is 1590. The van der Waals surface area contributed by atoms with Crippen molar-refractivity contribution in [1.29, 1.82) is 0 Å². The Balaban J connectivity index is 1.65. The summed E-state index contributed by atoms with van der Waals surface area (Å²) in [5.74, 6) is 1.05. The van der Waals surface area contributed by atoms with Gasteiger partial charge in [-0.1, -0.05) is 35.4 Å². The molecule has 0 saturated carbocycles. The molecule has 3 unspecified atom stereocenters. The second kappa shape index (κ2) is 14.7. The lowest BCUT2D eigenvalue weighted by molar-refractivity contribution is 0.0633. The Hall–Kier alpha value is -2.83. The first kappa shape index (κ1) is 35.5. The number of aliphatic imine (C=N–C) groups is 1. The number of nitrogens with two attached hydrogens (primary N) is 2. The third-order valence-electron chi connectivity index (χ3n) is 9.59. The van der Waals surface area contributed by atoms with Crippen LogP contribution in [0.3, 0.4) is 0 Å². The predicted molar refractivity (Wildman–Crippen MR) is 192 cm³/mol. The van der Waals surface area contributed by atoms with Gasteiger partial charge in [0.05, 0.1) is 27.0 Å². The maximum atomic E-state index is 13.5. The van der Waals surface area contributed by atoms with Crippen molar-refractivity contribution in [2.24, 2.45) is 16.5 Å². The van der Waals surface area contributed by atoms with E-state index in [1.54, 1.807) is 44.3 Å². The molecular weight excluding hydrogens is 634 g/mol. The summed E-state index contributed by atoms with van der Waals surface area (Å²) >= 11 is 7.13. The zero-order valence-electron chi connectivity index (χ0n) is 28.4. The van der Waals surface area contributed by atoms with Gasteiger partial charge in [0.25, 0.3) is 0 Å². The van der Waals surface area contributed by atoms with E-state index in [4.69, 9.17) is 32.8 Å². The highest BCUT2D eigenvalue weighted by Crippen LogP contribution is 2.49. The third kappa shape index (κ3) is 7.44. The molecule has 2 aromatic carbocycles. The molecule has 2 saturated heterocycles. The number of rotatable bonds is 11. The number of nitrogens with one attached hydrogen (secondary N) is 3. The van der Waals surface area contributed by atoms with E-state index in [1.807, 2.05) is 19.9 Å². The fourth-order valence-corrected chi connectivity index (χ4v) is 8.75. The number of hydrogen-bond acceptors (Lipinski definition) is 10. The molecule has 0 radical (unpaired) electrons. The van der Waals surface area contributed by atoms with Gasteiger partial charge in [-0.25, -0.2) is 13.4 Å². The molecular formula is C35H52ClN7O3S. The number of guanidine groups is 1. The monoisotopic (exact) mass is 685 g/mol. The Kier molecular flexibility index (Phi) is 11.1. The normalized spacial score (nSPS) is 24.5. The van der Waals surface area contributed by atoms with Crippen LogP contribution in [0.15, 0.2) is 57.5 Å². The first-order valence-corrected chi connectivity index (χ1v) is 18.9. The van der Waals surface area contributed by atoms with Crippen LogP contribution in [0.2, 0.25) is 0 Å². The van der Waals surface area contributed by atoms with Gasteiger partial charge in [-0.15, -0.1) is 0 Å². The van der Waals surface area contributed by atoms with E-state index in [0.29, 0.717) is 40.7 Å². The Morgan fingerprint density at radius 2 is 1.87 bits per heavy atom. The number of benzene rings is 2. The third-order valence-corrected chi connectivity index (χ3v) is 12.2. The van der Waals surface area contributed by atoms with Crippen LogP contribution in [0, 0.1) is 6.92 Å². The fourth-order valence-electron chi connectivity index (χ4n) is 7.31. The molecule has 0 spiro atoms. The van der Waals surface area contributed by atoms with Gasteiger partial charge >= 0.3 is 0 Å². The molecule has 0 aromatic heterocycles. The molecule has 2 fully saturated rings. The average Bonchev–Trinajstić information content (AvgIpc) is 3.04. The second-order valence-corrected chi connectivity index (χ2v) is 16.5. The van der Waals surface area contributed by atoms with E-state index >= 15 is 0 Å². The second-order valence-electron chi connectivity index (χ2n) is 13.6. The summed E-state index contributed by atoms with van der Waals surface area (Å²) in [5, 5.41) is 9.58. The SMILES string of the molecule is Cc1cc(C2CCN(C3CCNCC3)C(CCN)C2)c(OC(C)C)c(C2(Nc3ccccc3S(=O)(=O)C(C)C)N=C(N)NC=C2Cl)c1. The van der Waals surface area contributed by atoms with E-state index < -0.39 is 20.8 Å². The number of piperidine rings is 2. The first-order valence-electron chi connectivity index (χ1n) is 16.9. The van der Waals surface area contributed by atoms with E-state index in [9.17, 15) is 8.42 Å². The van der Waals surface area contributed by atoms with Crippen LogP contribution >= 0.6 is 11.6 Å². The van der Waals surface area contributed by atoms with Crippen molar-refractivity contribution < 1.29 is 13.2 Å². The van der Waals surface area contributed by atoms with Crippen LogP contribution in [-0.4, -0.2) is 68.9 Å². The zero-order valence-corrected chi connectivity index (χ0v) is 29.9. The molecule has 12 heteroatoms. The number of likely N-dealkylation sites (tertiary alicyclic amines) is 1. The molecule has 7 N–H and O–H groups in total. The highest BCUT2D eigenvalue weighted by Gasteiger charge is 2.44. The van der Waals surface area contributed by atoms with Gasteiger partial charge in [0.2, 0.25) is 5.66 Å². The average molecular weight is 686 g/mol. The van der Waals surface area contributed by atoms with E-state index in [2.05, 4.69) is 33.8 Å². The summed E-state index contributed by atoms with van der Waals surface area (Å²) in [5.41, 5.74) is 14.3. The predicted octanol–water partition coefficient (Wildman–Crippen LogP) is 4.88. The molecule has 0 aliphatic carbocycles. The maximum Gasteiger partial charge on any atom is 0.201 e. The number of halogens is 1. The van der Waals surface area contributed by atoms with Gasteiger partial charge in [0, 0.05) is 23.8 Å². The summed E-state index contributed by atoms with van der Waals surface area (Å²) in [6.45, 7) is 13.2. The first-order chi connectivity index (χ1) is 22.4. The van der Waals surface area contributed by atoms with Gasteiger partial charge < -0.3 is 32.2 Å². The van der Waals surface area contributed by atoms with Crippen molar-refractivity contribution in [3.05, 3.63) is 64.3 Å². The van der Waals surface area contributed by atoms with Crippen LogP contribution < -0.4 is 32.2 Å². The number of para-hydroxylation sites is 1. The van der Waals surface area contributed by atoms with Crippen molar-refractivity contribution >= 4 is 33.1 Å². The lowest BCUT2D eigenvalue weighted by atomic mass is 9.80. The Morgan fingerprint density at radius 1 is 1.15 bits per heavy atom. The number of sulfone groups is 1. The van der Waals surface area contributed by atoms with Gasteiger partial charge in [0.1, 0.15) is 5.75 Å². The molecule has 3 aliphatic heterocycles. The minimum atomic E-state index is -3.66.